The average Bonchev–Trinajstić information content (AvgIpc) is 3.29. The van der Waals surface area contributed by atoms with Crippen LogP contribution in [0.2, 0.25) is 0 Å². The van der Waals surface area contributed by atoms with Crippen molar-refractivity contribution < 1.29 is 4.74 Å². The standard InChI is InChI=1S/C17H21N7O/c1-22(2)15-9-23(10-16(15)24-5-4-19-21-24)17-12(8-18)7-13-11-25-6-3-14(13)20-17/h4-5,7,15-16H,3,6,9-11H2,1-2H3/t15-,16+/m1/s1. The molecule has 4 rings (SSSR count). The summed E-state index contributed by atoms with van der Waals surface area (Å²) >= 11 is 0. The molecule has 0 amide bonds. The van der Waals surface area contributed by atoms with Gasteiger partial charge in [-0.15, -0.1) is 5.10 Å². The number of aromatic nitrogens is 4. The zero-order valence-electron chi connectivity index (χ0n) is 14.5. The van der Waals surface area contributed by atoms with Crippen molar-refractivity contribution in [3.05, 3.63) is 35.3 Å². The summed E-state index contributed by atoms with van der Waals surface area (Å²) in [4.78, 5) is 9.23. The second kappa shape index (κ2) is 6.43. The molecule has 2 aromatic heterocycles. The van der Waals surface area contributed by atoms with Gasteiger partial charge in [0.25, 0.3) is 0 Å². The Hall–Kier alpha value is -2.50. The predicted octanol–water partition coefficient (Wildman–Crippen LogP) is 0.609. The number of nitriles is 1. The van der Waals surface area contributed by atoms with Gasteiger partial charge in [0, 0.05) is 31.3 Å². The first-order valence-electron chi connectivity index (χ1n) is 8.45. The van der Waals surface area contributed by atoms with Crippen molar-refractivity contribution in [1.82, 2.24) is 24.9 Å². The molecule has 2 aliphatic heterocycles. The fourth-order valence-corrected chi connectivity index (χ4v) is 3.70. The summed E-state index contributed by atoms with van der Waals surface area (Å²) in [6.07, 6.45) is 4.40. The molecule has 8 heteroatoms. The van der Waals surface area contributed by atoms with E-state index in [0.717, 1.165) is 36.6 Å². The van der Waals surface area contributed by atoms with Crippen LogP contribution in [0, 0.1) is 11.3 Å². The highest BCUT2D eigenvalue weighted by atomic mass is 16.5. The van der Waals surface area contributed by atoms with E-state index in [0.29, 0.717) is 18.8 Å². The molecule has 0 bridgehead atoms. The van der Waals surface area contributed by atoms with Gasteiger partial charge in [0.15, 0.2) is 0 Å². The quantitative estimate of drug-likeness (QED) is 0.810. The number of anilines is 1. The average molecular weight is 339 g/mol. The van der Waals surface area contributed by atoms with Gasteiger partial charge < -0.3 is 14.5 Å². The first-order valence-corrected chi connectivity index (χ1v) is 8.45. The van der Waals surface area contributed by atoms with Crippen molar-refractivity contribution in [3.8, 4) is 6.07 Å². The number of likely N-dealkylation sites (N-methyl/N-ethyl adjacent to an activating group) is 1. The Morgan fingerprint density at radius 3 is 2.96 bits per heavy atom. The SMILES string of the molecule is CN(C)[C@@H]1CN(c2nc3c(cc2C#N)COCC3)C[C@@H]1n1ccnn1. The van der Waals surface area contributed by atoms with Crippen molar-refractivity contribution in [2.24, 2.45) is 0 Å². The maximum atomic E-state index is 9.61. The van der Waals surface area contributed by atoms with Gasteiger partial charge >= 0.3 is 0 Å². The highest BCUT2D eigenvalue weighted by Gasteiger charge is 2.37. The van der Waals surface area contributed by atoms with Crippen LogP contribution in [0.4, 0.5) is 5.82 Å². The van der Waals surface area contributed by atoms with Gasteiger partial charge in [0.1, 0.15) is 11.9 Å². The molecule has 1 saturated heterocycles. The summed E-state index contributed by atoms with van der Waals surface area (Å²) in [5, 5.41) is 17.7. The van der Waals surface area contributed by atoms with Crippen molar-refractivity contribution in [1.29, 1.82) is 5.26 Å². The molecular weight excluding hydrogens is 318 g/mol. The molecular formula is C17H21N7O. The van der Waals surface area contributed by atoms with Gasteiger partial charge in [-0.05, 0) is 20.2 Å². The summed E-state index contributed by atoms with van der Waals surface area (Å²) in [7, 11) is 4.14. The minimum atomic E-state index is 0.171. The molecule has 0 aromatic carbocycles. The van der Waals surface area contributed by atoms with E-state index in [1.54, 1.807) is 6.20 Å². The fourth-order valence-electron chi connectivity index (χ4n) is 3.70. The van der Waals surface area contributed by atoms with E-state index in [1.165, 1.54) is 0 Å². The summed E-state index contributed by atoms with van der Waals surface area (Å²) in [5.41, 5.74) is 2.69. The first kappa shape index (κ1) is 16.0. The second-order valence-electron chi connectivity index (χ2n) is 6.77. The lowest BCUT2D eigenvalue weighted by atomic mass is 10.1. The largest absolute Gasteiger partial charge is 0.376 e. The van der Waals surface area contributed by atoms with E-state index >= 15 is 0 Å². The maximum absolute atomic E-state index is 9.61. The lowest BCUT2D eigenvalue weighted by Gasteiger charge is -2.24. The van der Waals surface area contributed by atoms with Crippen LogP contribution in [0.15, 0.2) is 18.5 Å². The molecule has 0 radical (unpaired) electrons. The predicted molar refractivity (Wildman–Crippen MR) is 91.1 cm³/mol. The van der Waals surface area contributed by atoms with Crippen LogP contribution in [0.1, 0.15) is 22.9 Å². The van der Waals surface area contributed by atoms with E-state index in [4.69, 9.17) is 9.72 Å². The van der Waals surface area contributed by atoms with E-state index in [9.17, 15) is 5.26 Å². The van der Waals surface area contributed by atoms with E-state index < -0.39 is 0 Å². The highest BCUT2D eigenvalue weighted by Crippen LogP contribution is 2.31. The Bertz CT molecular complexity index is 796. The fraction of sp³-hybridized carbons (Fsp3) is 0.529. The smallest absolute Gasteiger partial charge is 0.146 e. The van der Waals surface area contributed by atoms with Crippen molar-refractivity contribution >= 4 is 5.82 Å². The van der Waals surface area contributed by atoms with Crippen LogP contribution in [0.25, 0.3) is 0 Å². The van der Waals surface area contributed by atoms with Gasteiger partial charge in [-0.25, -0.2) is 9.67 Å². The minimum Gasteiger partial charge on any atom is -0.376 e. The van der Waals surface area contributed by atoms with E-state index in [2.05, 4.69) is 40.3 Å². The minimum absolute atomic E-state index is 0.171. The van der Waals surface area contributed by atoms with Gasteiger partial charge in [-0.1, -0.05) is 5.21 Å². The molecule has 2 aliphatic rings. The molecule has 8 nitrogen and oxygen atoms in total. The summed E-state index contributed by atoms with van der Waals surface area (Å²) < 4.78 is 7.39. The summed E-state index contributed by atoms with van der Waals surface area (Å²) in [5.74, 6) is 0.776. The summed E-state index contributed by atoms with van der Waals surface area (Å²) in [6, 6.07) is 4.69. The molecule has 25 heavy (non-hydrogen) atoms. The Balaban J connectivity index is 1.69. The van der Waals surface area contributed by atoms with E-state index in [1.807, 2.05) is 16.9 Å². The Kier molecular flexibility index (Phi) is 4.11. The van der Waals surface area contributed by atoms with Gasteiger partial charge in [-0.2, -0.15) is 5.26 Å². The number of pyridine rings is 1. The molecule has 0 N–H and O–H groups in total. The lowest BCUT2D eigenvalue weighted by Crippen LogP contribution is -2.36. The van der Waals surface area contributed by atoms with Crippen molar-refractivity contribution in [3.63, 3.8) is 0 Å². The summed E-state index contributed by atoms with van der Waals surface area (Å²) in [6.45, 7) is 2.78. The molecule has 4 heterocycles. The number of nitrogens with zero attached hydrogens (tertiary/aromatic N) is 7. The third-order valence-corrected chi connectivity index (χ3v) is 5.03. The first-order chi connectivity index (χ1) is 12.2. The molecule has 0 spiro atoms. The number of rotatable bonds is 3. The normalized spacial score (nSPS) is 22.9. The van der Waals surface area contributed by atoms with Crippen LogP contribution in [0.3, 0.4) is 0 Å². The van der Waals surface area contributed by atoms with Crippen LogP contribution in [0.5, 0.6) is 0 Å². The van der Waals surface area contributed by atoms with Crippen molar-refractivity contribution in [2.45, 2.75) is 25.1 Å². The highest BCUT2D eigenvalue weighted by molar-refractivity contribution is 5.57. The lowest BCUT2D eigenvalue weighted by molar-refractivity contribution is 0.109. The molecule has 2 aromatic rings. The molecule has 0 saturated carbocycles. The monoisotopic (exact) mass is 339 g/mol. The Morgan fingerprint density at radius 1 is 1.36 bits per heavy atom. The third-order valence-electron chi connectivity index (χ3n) is 5.03. The maximum Gasteiger partial charge on any atom is 0.146 e. The van der Waals surface area contributed by atoms with Gasteiger partial charge in [-0.3, -0.25) is 0 Å². The molecule has 2 atom stereocenters. The molecule has 1 fully saturated rings. The molecule has 0 unspecified atom stereocenters. The topological polar surface area (TPSA) is 83.1 Å². The zero-order chi connectivity index (χ0) is 17.4. The number of hydrogen-bond acceptors (Lipinski definition) is 7. The Morgan fingerprint density at radius 2 is 2.24 bits per heavy atom. The third kappa shape index (κ3) is 2.86. The van der Waals surface area contributed by atoms with Gasteiger partial charge in [0.2, 0.25) is 0 Å². The second-order valence-corrected chi connectivity index (χ2v) is 6.77. The Labute approximate surface area is 146 Å². The molecule has 0 aliphatic carbocycles. The van der Waals surface area contributed by atoms with E-state index in [-0.39, 0.29) is 12.1 Å². The molecule has 130 valence electrons. The zero-order valence-corrected chi connectivity index (χ0v) is 14.5. The van der Waals surface area contributed by atoms with Crippen LogP contribution < -0.4 is 4.90 Å². The van der Waals surface area contributed by atoms with Crippen molar-refractivity contribution in [2.75, 3.05) is 38.7 Å². The number of hydrogen-bond donors (Lipinski definition) is 0. The van der Waals surface area contributed by atoms with Gasteiger partial charge in [0.05, 0.1) is 42.8 Å². The van der Waals surface area contributed by atoms with Crippen LogP contribution in [-0.2, 0) is 17.8 Å². The van der Waals surface area contributed by atoms with Crippen LogP contribution in [-0.4, -0.2) is 64.7 Å². The number of ether oxygens (including phenoxy) is 1. The van der Waals surface area contributed by atoms with Crippen LogP contribution >= 0.6 is 0 Å². The number of fused-ring (bicyclic) bond motifs is 1.